The fraction of sp³-hybridized carbons (Fsp3) is 0.333. The Morgan fingerprint density at radius 2 is 1.83 bits per heavy atom. The number of carbonyl (C=O) groups is 1. The first-order chi connectivity index (χ1) is 16.5. The van der Waals surface area contributed by atoms with Gasteiger partial charge in [-0.25, -0.2) is 0 Å². The summed E-state index contributed by atoms with van der Waals surface area (Å²) < 4.78 is 86.5. The molecule has 2 aliphatic rings. The number of aromatic nitrogens is 4. The summed E-state index contributed by atoms with van der Waals surface area (Å²) in [7, 11) is 0. The number of rotatable bonds is 2. The van der Waals surface area contributed by atoms with Crippen molar-refractivity contribution >= 4 is 17.5 Å². The van der Waals surface area contributed by atoms with Gasteiger partial charge in [0.1, 0.15) is 11.7 Å². The Bertz CT molecular complexity index is 1310. The Hall–Kier alpha value is -3.19. The van der Waals surface area contributed by atoms with E-state index in [0.29, 0.717) is 0 Å². The van der Waals surface area contributed by atoms with Crippen LogP contribution in [0, 0.1) is 0 Å². The van der Waals surface area contributed by atoms with Gasteiger partial charge in [0.2, 0.25) is 0 Å². The lowest BCUT2D eigenvalue weighted by Gasteiger charge is -2.45. The number of hydrogen-bond acceptors (Lipinski definition) is 5. The minimum absolute atomic E-state index is 0.0347. The predicted octanol–water partition coefficient (Wildman–Crippen LogP) is 4.63. The molecule has 7 nitrogen and oxygen atoms in total. The third-order valence-corrected chi connectivity index (χ3v) is 6.28. The lowest BCUT2D eigenvalue weighted by Crippen LogP contribution is -2.56. The van der Waals surface area contributed by atoms with E-state index in [1.165, 1.54) is 11.0 Å². The quantitative estimate of drug-likeness (QED) is 0.464. The van der Waals surface area contributed by atoms with Crippen molar-refractivity contribution in [3.63, 3.8) is 0 Å². The van der Waals surface area contributed by atoms with Gasteiger partial charge in [-0.05, 0) is 24.3 Å². The summed E-state index contributed by atoms with van der Waals surface area (Å²) >= 11 is 5.97. The third kappa shape index (κ3) is 4.01. The van der Waals surface area contributed by atoms with Gasteiger partial charge in [-0.3, -0.25) is 9.78 Å². The number of ether oxygens (including phenoxy) is 1. The summed E-state index contributed by atoms with van der Waals surface area (Å²) in [5.74, 6) is -0.453. The fourth-order valence-corrected chi connectivity index (χ4v) is 4.62. The molecule has 5 rings (SSSR count). The van der Waals surface area contributed by atoms with E-state index in [1.807, 2.05) is 0 Å². The Kier molecular flexibility index (Phi) is 5.51. The summed E-state index contributed by atoms with van der Waals surface area (Å²) in [6.45, 7) is 0.0489. The maximum atomic E-state index is 13.4. The maximum absolute atomic E-state index is 13.4. The number of carbonyl (C=O) groups excluding carboxylic acids is 1. The second kappa shape index (κ2) is 8.19. The lowest BCUT2D eigenvalue weighted by molar-refractivity contribution is -0.138. The van der Waals surface area contributed by atoms with Crippen molar-refractivity contribution in [3.05, 3.63) is 64.1 Å². The van der Waals surface area contributed by atoms with Crippen molar-refractivity contribution in [2.45, 2.75) is 31.0 Å². The molecule has 0 spiro atoms. The molecule has 2 atom stereocenters. The highest BCUT2D eigenvalue weighted by Crippen LogP contribution is 2.40. The third-order valence-electron chi connectivity index (χ3n) is 5.87. The van der Waals surface area contributed by atoms with E-state index in [9.17, 15) is 31.1 Å². The van der Waals surface area contributed by atoms with Gasteiger partial charge < -0.3 is 14.2 Å². The molecular weight excluding hydrogens is 504 g/mol. The molecule has 0 unspecified atom stereocenters. The van der Waals surface area contributed by atoms with Crippen LogP contribution in [0.5, 0.6) is 0 Å². The number of benzene rings is 1. The van der Waals surface area contributed by atoms with Crippen LogP contribution in [0.4, 0.5) is 26.3 Å². The van der Waals surface area contributed by atoms with E-state index in [0.717, 1.165) is 30.5 Å². The van der Waals surface area contributed by atoms with E-state index >= 15 is 0 Å². The Morgan fingerprint density at radius 3 is 2.54 bits per heavy atom. The van der Waals surface area contributed by atoms with Crippen molar-refractivity contribution in [2.75, 3.05) is 13.2 Å². The molecule has 1 amide bonds. The van der Waals surface area contributed by atoms with Gasteiger partial charge in [0, 0.05) is 12.7 Å². The first kappa shape index (κ1) is 23.5. The monoisotopic (exact) mass is 517 g/mol. The molecule has 0 radical (unpaired) electrons. The Labute approximate surface area is 198 Å². The summed E-state index contributed by atoms with van der Waals surface area (Å²) in [6.07, 6.45) is -8.32. The van der Waals surface area contributed by atoms with Crippen LogP contribution in [0.25, 0.3) is 11.5 Å². The molecule has 35 heavy (non-hydrogen) atoms. The van der Waals surface area contributed by atoms with Gasteiger partial charge in [-0.2, -0.15) is 26.3 Å². The van der Waals surface area contributed by atoms with E-state index in [4.69, 9.17) is 16.3 Å². The zero-order valence-electron chi connectivity index (χ0n) is 17.4. The number of hydrogen-bond donors (Lipinski definition) is 0. The molecule has 0 saturated carbocycles. The summed E-state index contributed by atoms with van der Waals surface area (Å²) in [5.41, 5.74) is -2.43. The highest BCUT2D eigenvalue weighted by atomic mass is 35.5. The van der Waals surface area contributed by atoms with Gasteiger partial charge in [0.05, 0.1) is 41.0 Å². The largest absolute Gasteiger partial charge is 0.417 e. The number of alkyl halides is 6. The maximum Gasteiger partial charge on any atom is 0.417 e. The smallest absolute Gasteiger partial charge is 0.377 e. The van der Waals surface area contributed by atoms with Crippen LogP contribution in [0.15, 0.2) is 36.5 Å². The number of pyridine rings is 1. The predicted molar refractivity (Wildman–Crippen MR) is 108 cm³/mol. The van der Waals surface area contributed by atoms with Crippen molar-refractivity contribution in [1.82, 2.24) is 24.6 Å². The number of nitrogens with zero attached hydrogens (tertiary/aromatic N) is 5. The average Bonchev–Trinajstić information content (AvgIpc) is 3.20. The second-order valence-electron chi connectivity index (χ2n) is 8.00. The molecule has 14 heteroatoms. The van der Waals surface area contributed by atoms with Crippen LogP contribution < -0.4 is 0 Å². The number of halogens is 7. The van der Waals surface area contributed by atoms with Gasteiger partial charge in [0.15, 0.2) is 11.6 Å². The zero-order chi connectivity index (χ0) is 25.1. The number of amides is 1. The molecule has 3 aromatic rings. The minimum atomic E-state index is -4.75. The molecule has 0 N–H and O–H groups in total. The summed E-state index contributed by atoms with van der Waals surface area (Å²) in [5, 5.41) is 7.34. The van der Waals surface area contributed by atoms with Gasteiger partial charge in [-0.15, -0.1) is 10.2 Å². The molecule has 2 aliphatic heterocycles. The van der Waals surface area contributed by atoms with Crippen molar-refractivity contribution in [3.8, 4) is 11.5 Å². The average molecular weight is 518 g/mol. The normalized spacial score (nSPS) is 20.0. The van der Waals surface area contributed by atoms with Crippen LogP contribution >= 0.6 is 11.6 Å². The van der Waals surface area contributed by atoms with Crippen LogP contribution in [-0.2, 0) is 23.6 Å². The lowest BCUT2D eigenvalue weighted by atomic mass is 10.0. The van der Waals surface area contributed by atoms with Gasteiger partial charge in [0.25, 0.3) is 5.91 Å². The molecule has 4 heterocycles. The molecular formula is C21H14ClF6N5O2. The second-order valence-corrected chi connectivity index (χ2v) is 8.38. The molecule has 2 aromatic heterocycles. The Balaban J connectivity index is 1.53. The van der Waals surface area contributed by atoms with Crippen LogP contribution in [0.3, 0.4) is 0 Å². The molecule has 1 saturated heterocycles. The van der Waals surface area contributed by atoms with Gasteiger partial charge >= 0.3 is 12.4 Å². The molecule has 1 fully saturated rings. The van der Waals surface area contributed by atoms with Crippen molar-refractivity contribution < 1.29 is 35.9 Å². The van der Waals surface area contributed by atoms with Crippen LogP contribution in [0.1, 0.15) is 33.4 Å². The first-order valence-electron chi connectivity index (χ1n) is 10.2. The SMILES string of the molecule is O=C(c1cccc(C(F)(F)F)c1Cl)N1[C@H]2COC[C@@H]1c1nnc(-c3cc(C(F)(F)F)ccn3)n1C2. The topological polar surface area (TPSA) is 73.1 Å². The van der Waals surface area contributed by atoms with E-state index in [1.54, 1.807) is 4.57 Å². The van der Waals surface area contributed by atoms with Crippen molar-refractivity contribution in [1.29, 1.82) is 0 Å². The molecule has 184 valence electrons. The standard InChI is InChI=1S/C21H14ClF6N5O2/c22-16-12(2-1-3-13(16)21(26,27)28)19(34)33-11-7-32-17(30-31-18(32)15(33)9-35-8-11)14-6-10(4-5-29-14)20(23,24)25/h1-6,11,15H,7-9H2/t11-,15-/m1/s1. The van der Waals surface area contributed by atoms with E-state index in [2.05, 4.69) is 15.2 Å². The first-order valence-corrected chi connectivity index (χ1v) is 10.6. The minimum Gasteiger partial charge on any atom is -0.377 e. The number of fused-ring (bicyclic) bond motifs is 4. The van der Waals surface area contributed by atoms with Crippen molar-refractivity contribution in [2.24, 2.45) is 0 Å². The van der Waals surface area contributed by atoms with Crippen LogP contribution in [-0.4, -0.2) is 49.8 Å². The summed E-state index contributed by atoms with van der Waals surface area (Å²) in [4.78, 5) is 18.7. The fourth-order valence-electron chi connectivity index (χ4n) is 4.30. The van der Waals surface area contributed by atoms with Crippen LogP contribution in [0.2, 0.25) is 5.02 Å². The van der Waals surface area contributed by atoms with E-state index < -0.39 is 46.5 Å². The van der Waals surface area contributed by atoms with E-state index in [-0.39, 0.29) is 42.7 Å². The zero-order valence-corrected chi connectivity index (χ0v) is 18.2. The Morgan fingerprint density at radius 1 is 1.06 bits per heavy atom. The molecule has 0 aliphatic carbocycles. The number of morpholine rings is 1. The summed E-state index contributed by atoms with van der Waals surface area (Å²) in [6, 6.07) is 3.27. The molecule has 1 aromatic carbocycles. The highest BCUT2D eigenvalue weighted by Gasteiger charge is 2.45. The van der Waals surface area contributed by atoms with Gasteiger partial charge in [-0.1, -0.05) is 17.7 Å². The highest BCUT2D eigenvalue weighted by molar-refractivity contribution is 6.34. The molecule has 2 bridgehead atoms.